The molecule has 4 atom stereocenters. The van der Waals surface area contributed by atoms with Crippen molar-refractivity contribution in [1.29, 1.82) is 0 Å². The standard InChI is InChI=1S/C24H28FN5O4S/c1-29-21-19(23(32)30(2)24(29)33)22(28-20(27-21)15-6-10-17(34-3)11-7-15)35-13-18(31)26-12-14-4-8-16(25)9-5-14/h4-11,19-22,27-28H,12-13H2,1-3H3,(H,26,31). The first kappa shape index (κ1) is 25.0. The molecule has 9 nitrogen and oxygen atoms in total. The molecule has 4 unspecified atom stereocenters. The molecule has 4 rings (SSSR count). The van der Waals surface area contributed by atoms with Crippen LogP contribution in [0.25, 0.3) is 0 Å². The van der Waals surface area contributed by atoms with Gasteiger partial charge in [-0.3, -0.25) is 25.1 Å². The number of carbonyl (C=O) groups excluding carboxylic acids is 3. The van der Waals surface area contributed by atoms with Crippen LogP contribution in [0.2, 0.25) is 0 Å². The number of halogens is 1. The average molecular weight is 502 g/mol. The summed E-state index contributed by atoms with van der Waals surface area (Å²) in [6, 6.07) is 13.0. The molecule has 2 aromatic carbocycles. The van der Waals surface area contributed by atoms with Gasteiger partial charge in [-0.2, -0.15) is 0 Å². The Morgan fingerprint density at radius 2 is 1.77 bits per heavy atom. The maximum Gasteiger partial charge on any atom is 0.327 e. The van der Waals surface area contributed by atoms with Gasteiger partial charge in [-0.05, 0) is 35.4 Å². The molecule has 186 valence electrons. The van der Waals surface area contributed by atoms with Crippen molar-refractivity contribution in [2.75, 3.05) is 27.0 Å². The van der Waals surface area contributed by atoms with Crippen LogP contribution in [0.3, 0.4) is 0 Å². The van der Waals surface area contributed by atoms with Gasteiger partial charge >= 0.3 is 6.03 Å². The Bertz CT molecular complexity index is 1080. The zero-order valence-corrected chi connectivity index (χ0v) is 20.5. The molecule has 0 bridgehead atoms. The molecule has 35 heavy (non-hydrogen) atoms. The molecule has 2 aromatic rings. The summed E-state index contributed by atoms with van der Waals surface area (Å²) in [5.74, 6) is -0.626. The number of rotatable bonds is 7. The van der Waals surface area contributed by atoms with E-state index in [4.69, 9.17) is 4.74 Å². The Hall–Kier alpha value is -3.15. The van der Waals surface area contributed by atoms with E-state index in [-0.39, 0.29) is 42.1 Å². The van der Waals surface area contributed by atoms with Gasteiger partial charge in [-0.1, -0.05) is 24.3 Å². The molecule has 2 aliphatic heterocycles. The number of benzene rings is 2. The molecule has 0 radical (unpaired) electrons. The van der Waals surface area contributed by atoms with Crippen LogP contribution < -0.4 is 20.7 Å². The van der Waals surface area contributed by atoms with E-state index in [1.165, 1.54) is 35.8 Å². The van der Waals surface area contributed by atoms with E-state index in [1.807, 2.05) is 24.3 Å². The van der Waals surface area contributed by atoms with Gasteiger partial charge in [0.25, 0.3) is 0 Å². The van der Waals surface area contributed by atoms with Gasteiger partial charge in [-0.25, -0.2) is 9.18 Å². The molecule has 11 heteroatoms. The van der Waals surface area contributed by atoms with Crippen molar-refractivity contribution in [3.8, 4) is 5.75 Å². The minimum Gasteiger partial charge on any atom is -0.497 e. The van der Waals surface area contributed by atoms with Crippen LogP contribution in [0.4, 0.5) is 9.18 Å². The maximum atomic E-state index is 13.1. The first-order chi connectivity index (χ1) is 16.8. The minimum atomic E-state index is -0.591. The van der Waals surface area contributed by atoms with Crippen molar-refractivity contribution < 1.29 is 23.5 Å². The van der Waals surface area contributed by atoms with Crippen molar-refractivity contribution in [3.63, 3.8) is 0 Å². The third-order valence-electron chi connectivity index (χ3n) is 6.20. The monoisotopic (exact) mass is 501 g/mol. The van der Waals surface area contributed by atoms with Crippen LogP contribution in [-0.2, 0) is 16.1 Å². The molecule has 0 saturated carbocycles. The topological polar surface area (TPSA) is 103 Å². The van der Waals surface area contributed by atoms with E-state index in [0.717, 1.165) is 16.0 Å². The Labute approximate surface area is 207 Å². The van der Waals surface area contributed by atoms with Gasteiger partial charge in [0.2, 0.25) is 11.8 Å². The smallest absolute Gasteiger partial charge is 0.327 e. The highest BCUT2D eigenvalue weighted by Gasteiger charge is 2.51. The second-order valence-corrected chi connectivity index (χ2v) is 9.57. The van der Waals surface area contributed by atoms with Crippen LogP contribution in [-0.4, -0.2) is 66.1 Å². The lowest BCUT2D eigenvalue weighted by atomic mass is 9.96. The van der Waals surface area contributed by atoms with E-state index >= 15 is 0 Å². The fraction of sp³-hybridized carbons (Fsp3) is 0.375. The lowest BCUT2D eigenvalue weighted by molar-refractivity contribution is -0.140. The minimum absolute atomic E-state index is 0.103. The van der Waals surface area contributed by atoms with Gasteiger partial charge in [0.05, 0.1) is 36.5 Å². The molecule has 3 N–H and O–H groups in total. The summed E-state index contributed by atoms with van der Waals surface area (Å²) in [5, 5.41) is 9.19. The summed E-state index contributed by atoms with van der Waals surface area (Å²) in [4.78, 5) is 40.8. The number of imide groups is 1. The Balaban J connectivity index is 1.47. The third kappa shape index (κ3) is 5.42. The molecule has 0 aliphatic carbocycles. The average Bonchev–Trinajstić information content (AvgIpc) is 2.88. The largest absolute Gasteiger partial charge is 0.497 e. The summed E-state index contributed by atoms with van der Waals surface area (Å²) in [7, 11) is 4.71. The lowest BCUT2D eigenvalue weighted by Gasteiger charge is -2.50. The van der Waals surface area contributed by atoms with Crippen molar-refractivity contribution in [2.24, 2.45) is 5.92 Å². The van der Waals surface area contributed by atoms with Gasteiger partial charge in [0, 0.05) is 20.6 Å². The summed E-state index contributed by atoms with van der Waals surface area (Å²) in [6.07, 6.45) is -0.896. The molecular weight excluding hydrogens is 473 g/mol. The van der Waals surface area contributed by atoms with E-state index in [2.05, 4.69) is 16.0 Å². The van der Waals surface area contributed by atoms with Crippen LogP contribution >= 0.6 is 11.8 Å². The fourth-order valence-corrected chi connectivity index (χ4v) is 5.34. The van der Waals surface area contributed by atoms with Gasteiger partial charge in [0.1, 0.15) is 11.6 Å². The molecule has 2 saturated heterocycles. The Morgan fingerprint density at radius 3 is 2.43 bits per heavy atom. The van der Waals surface area contributed by atoms with E-state index in [9.17, 15) is 18.8 Å². The molecular formula is C24H28FN5O4S. The molecule has 2 heterocycles. The summed E-state index contributed by atoms with van der Waals surface area (Å²) >= 11 is 1.31. The summed E-state index contributed by atoms with van der Waals surface area (Å²) in [6.45, 7) is 0.277. The molecule has 2 aliphatic rings. The predicted molar refractivity (Wildman–Crippen MR) is 130 cm³/mol. The summed E-state index contributed by atoms with van der Waals surface area (Å²) < 4.78 is 18.3. The number of thioether (sulfide) groups is 1. The second-order valence-electron chi connectivity index (χ2n) is 8.44. The van der Waals surface area contributed by atoms with Crippen LogP contribution in [0.1, 0.15) is 17.3 Å². The second kappa shape index (κ2) is 10.6. The quantitative estimate of drug-likeness (QED) is 0.532. The number of amides is 4. The normalized spacial score (nSPS) is 24.2. The van der Waals surface area contributed by atoms with E-state index < -0.39 is 17.5 Å². The molecule has 2 fully saturated rings. The number of carbonyl (C=O) groups is 3. The van der Waals surface area contributed by atoms with E-state index in [1.54, 1.807) is 26.3 Å². The zero-order valence-electron chi connectivity index (χ0n) is 19.7. The first-order valence-corrected chi connectivity index (χ1v) is 12.2. The maximum absolute atomic E-state index is 13.1. The van der Waals surface area contributed by atoms with Crippen LogP contribution in [0.5, 0.6) is 5.75 Å². The first-order valence-electron chi connectivity index (χ1n) is 11.1. The van der Waals surface area contributed by atoms with Crippen molar-refractivity contribution >= 4 is 29.6 Å². The third-order valence-corrected chi connectivity index (χ3v) is 7.42. The van der Waals surface area contributed by atoms with E-state index in [0.29, 0.717) is 5.75 Å². The van der Waals surface area contributed by atoms with Gasteiger partial charge in [0.15, 0.2) is 0 Å². The van der Waals surface area contributed by atoms with Crippen LogP contribution in [0, 0.1) is 11.7 Å². The number of ether oxygens (including phenoxy) is 1. The number of urea groups is 1. The molecule has 4 amide bonds. The Kier molecular flexibility index (Phi) is 7.58. The highest BCUT2D eigenvalue weighted by molar-refractivity contribution is 8.00. The molecule has 0 aromatic heterocycles. The van der Waals surface area contributed by atoms with Crippen molar-refractivity contribution in [2.45, 2.75) is 24.3 Å². The van der Waals surface area contributed by atoms with Crippen molar-refractivity contribution in [1.82, 2.24) is 25.8 Å². The highest BCUT2D eigenvalue weighted by Crippen LogP contribution is 2.34. The lowest BCUT2D eigenvalue weighted by Crippen LogP contribution is -2.72. The van der Waals surface area contributed by atoms with Gasteiger partial charge in [-0.15, -0.1) is 11.8 Å². The number of nitrogens with one attached hydrogen (secondary N) is 3. The fourth-order valence-electron chi connectivity index (χ4n) is 4.21. The SMILES string of the molecule is COc1ccc(C2NC(SCC(=O)NCc3ccc(F)cc3)C3C(=O)N(C)C(=O)N(C)C3N2)cc1. The summed E-state index contributed by atoms with van der Waals surface area (Å²) in [5.41, 5.74) is 1.69. The van der Waals surface area contributed by atoms with Gasteiger partial charge < -0.3 is 15.0 Å². The number of fused-ring (bicyclic) bond motifs is 1. The van der Waals surface area contributed by atoms with Crippen molar-refractivity contribution in [3.05, 3.63) is 65.5 Å². The predicted octanol–water partition coefficient (Wildman–Crippen LogP) is 1.87. The van der Waals surface area contributed by atoms with Crippen LogP contribution in [0.15, 0.2) is 48.5 Å². The Morgan fingerprint density at radius 1 is 1.09 bits per heavy atom. The highest BCUT2D eigenvalue weighted by atomic mass is 32.2. The zero-order chi connectivity index (χ0) is 25.1. The number of methoxy groups -OCH3 is 1. The number of hydrogen-bond donors (Lipinski definition) is 3. The molecule has 0 spiro atoms. The number of hydrogen-bond acceptors (Lipinski definition) is 7. The number of nitrogens with zero attached hydrogens (tertiary/aromatic N) is 2.